The average Bonchev–Trinajstić information content (AvgIpc) is 2.34. The fourth-order valence-corrected chi connectivity index (χ4v) is 2.00. The molecule has 0 saturated carbocycles. The Morgan fingerprint density at radius 1 is 1.11 bits per heavy atom. The Kier molecular flexibility index (Phi) is 6.12. The van der Waals surface area contributed by atoms with Crippen LogP contribution >= 0.6 is 0 Å². The lowest BCUT2D eigenvalue weighted by Crippen LogP contribution is -2.21. The third kappa shape index (κ3) is 5.13. The molecule has 1 aromatic carbocycles. The Bertz CT molecular complexity index is 370. The Hall–Kier alpha value is -1.64. The van der Waals surface area contributed by atoms with E-state index in [1.54, 1.807) is 0 Å². The van der Waals surface area contributed by atoms with Crippen LogP contribution in [0.3, 0.4) is 0 Å². The minimum absolute atomic E-state index is 0.245. The molecule has 0 spiro atoms. The lowest BCUT2D eigenvalue weighted by atomic mass is 9.97. The molecule has 0 radical (unpaired) electrons. The number of benzene rings is 1. The largest absolute Gasteiger partial charge is 0.481 e. The molecule has 0 heterocycles. The third-order valence-electron chi connectivity index (χ3n) is 3.09. The highest BCUT2D eigenvalue weighted by Gasteiger charge is 2.21. The van der Waals surface area contributed by atoms with Crippen LogP contribution in [0.2, 0.25) is 0 Å². The van der Waals surface area contributed by atoms with Crippen molar-refractivity contribution < 1.29 is 14.7 Å². The number of hydrogen-bond acceptors (Lipinski definition) is 2. The number of rotatable bonds is 8. The Balaban J connectivity index is 2.19. The van der Waals surface area contributed by atoms with Gasteiger partial charge in [0.25, 0.3) is 0 Å². The van der Waals surface area contributed by atoms with Crippen LogP contribution in [-0.4, -0.2) is 16.9 Å². The predicted octanol–water partition coefficient (Wildman–Crippen LogP) is 3.08. The molecule has 1 N–H and O–H groups in total. The van der Waals surface area contributed by atoms with E-state index in [0.717, 1.165) is 25.7 Å². The first kappa shape index (κ1) is 14.4. The van der Waals surface area contributed by atoms with Crippen molar-refractivity contribution in [3.63, 3.8) is 0 Å². The van der Waals surface area contributed by atoms with Gasteiger partial charge in [0.1, 0.15) is 11.7 Å². The van der Waals surface area contributed by atoms with Gasteiger partial charge in [-0.25, -0.2) is 0 Å². The minimum atomic E-state index is -0.995. The number of carbonyl (C=O) groups excluding carboxylic acids is 1. The van der Waals surface area contributed by atoms with Crippen molar-refractivity contribution in [1.82, 2.24) is 0 Å². The number of ketones is 1. The first-order valence-corrected chi connectivity index (χ1v) is 6.38. The van der Waals surface area contributed by atoms with E-state index in [0.29, 0.717) is 6.42 Å². The summed E-state index contributed by atoms with van der Waals surface area (Å²) in [6, 6.07) is 10.2. The fourth-order valence-electron chi connectivity index (χ4n) is 2.00. The highest BCUT2D eigenvalue weighted by atomic mass is 16.4. The van der Waals surface area contributed by atoms with Gasteiger partial charge >= 0.3 is 5.97 Å². The molecule has 1 unspecified atom stereocenters. The normalized spacial score (nSPS) is 12.1. The smallest absolute Gasteiger partial charge is 0.314 e. The van der Waals surface area contributed by atoms with Crippen LogP contribution in [0, 0.1) is 5.92 Å². The number of carboxylic acids is 1. The van der Waals surface area contributed by atoms with Crippen molar-refractivity contribution in [3.05, 3.63) is 35.9 Å². The molecule has 3 heteroatoms. The van der Waals surface area contributed by atoms with Crippen LogP contribution in [0.1, 0.15) is 38.2 Å². The molecule has 1 atom stereocenters. The molecule has 1 rings (SSSR count). The Morgan fingerprint density at radius 2 is 1.78 bits per heavy atom. The Labute approximate surface area is 108 Å². The van der Waals surface area contributed by atoms with E-state index in [4.69, 9.17) is 5.11 Å². The van der Waals surface area contributed by atoms with Gasteiger partial charge in [0.15, 0.2) is 0 Å². The summed E-state index contributed by atoms with van der Waals surface area (Å²) in [5.74, 6) is -2.06. The summed E-state index contributed by atoms with van der Waals surface area (Å²) in [5, 5.41) is 8.86. The molecule has 0 aliphatic carbocycles. The van der Waals surface area contributed by atoms with Crippen LogP contribution < -0.4 is 0 Å². The van der Waals surface area contributed by atoms with Gasteiger partial charge < -0.3 is 5.11 Å². The predicted molar refractivity (Wildman–Crippen MR) is 70.4 cm³/mol. The third-order valence-corrected chi connectivity index (χ3v) is 3.09. The van der Waals surface area contributed by atoms with E-state index in [1.807, 2.05) is 18.2 Å². The van der Waals surface area contributed by atoms with Crippen LogP contribution in [-0.2, 0) is 16.0 Å². The van der Waals surface area contributed by atoms with Crippen molar-refractivity contribution in [2.75, 3.05) is 0 Å². The minimum Gasteiger partial charge on any atom is -0.481 e. The summed E-state index contributed by atoms with van der Waals surface area (Å²) in [4.78, 5) is 21.9. The second-order valence-corrected chi connectivity index (χ2v) is 4.59. The van der Waals surface area contributed by atoms with Crippen LogP contribution in [0.15, 0.2) is 30.3 Å². The lowest BCUT2D eigenvalue weighted by Gasteiger charge is -2.08. The number of aryl methyl sites for hydroxylation is 1. The number of aliphatic carboxylic acids is 1. The molecule has 0 fully saturated rings. The zero-order chi connectivity index (χ0) is 13.4. The number of carboxylic acid groups (broad SMARTS) is 1. The molecule has 0 saturated heterocycles. The first-order valence-electron chi connectivity index (χ1n) is 6.38. The summed E-state index contributed by atoms with van der Waals surface area (Å²) in [7, 11) is 0. The van der Waals surface area contributed by atoms with Crippen LogP contribution in [0.4, 0.5) is 0 Å². The molecule has 0 bridgehead atoms. The van der Waals surface area contributed by atoms with Crippen molar-refractivity contribution >= 4 is 11.8 Å². The molecule has 0 aromatic heterocycles. The maximum absolute atomic E-state index is 11.1. The SMILES string of the molecule is CC(=O)C(CCCCCc1ccccc1)C(=O)O. The van der Waals surface area contributed by atoms with Gasteiger partial charge in [0.05, 0.1) is 0 Å². The van der Waals surface area contributed by atoms with Gasteiger partial charge in [-0.05, 0) is 31.7 Å². The second-order valence-electron chi connectivity index (χ2n) is 4.59. The van der Waals surface area contributed by atoms with E-state index >= 15 is 0 Å². The fraction of sp³-hybridized carbons (Fsp3) is 0.467. The van der Waals surface area contributed by atoms with Crippen molar-refractivity contribution in [2.24, 2.45) is 5.92 Å². The van der Waals surface area contributed by atoms with Gasteiger partial charge in [-0.3, -0.25) is 9.59 Å². The van der Waals surface area contributed by atoms with Crippen LogP contribution in [0.5, 0.6) is 0 Å². The molecule has 3 nitrogen and oxygen atoms in total. The quantitative estimate of drug-likeness (QED) is 0.568. The van der Waals surface area contributed by atoms with E-state index in [-0.39, 0.29) is 5.78 Å². The summed E-state index contributed by atoms with van der Waals surface area (Å²) < 4.78 is 0. The lowest BCUT2D eigenvalue weighted by molar-refractivity contribution is -0.146. The number of carbonyl (C=O) groups is 2. The average molecular weight is 248 g/mol. The highest BCUT2D eigenvalue weighted by molar-refractivity contribution is 5.96. The maximum atomic E-state index is 11.1. The van der Waals surface area contributed by atoms with Gasteiger partial charge in [0.2, 0.25) is 0 Å². The molecule has 18 heavy (non-hydrogen) atoms. The van der Waals surface area contributed by atoms with Gasteiger partial charge in [-0.2, -0.15) is 0 Å². The van der Waals surface area contributed by atoms with Crippen molar-refractivity contribution in [3.8, 4) is 0 Å². The standard InChI is InChI=1S/C15H20O3/c1-12(16)14(15(17)18)11-7-3-6-10-13-8-4-2-5-9-13/h2,4-5,8-9,14H,3,6-7,10-11H2,1H3,(H,17,18). The maximum Gasteiger partial charge on any atom is 0.314 e. The summed E-state index contributed by atoms with van der Waals surface area (Å²) >= 11 is 0. The zero-order valence-electron chi connectivity index (χ0n) is 10.8. The van der Waals surface area contributed by atoms with E-state index < -0.39 is 11.9 Å². The van der Waals surface area contributed by atoms with Crippen molar-refractivity contribution in [2.45, 2.75) is 39.0 Å². The molecule has 98 valence electrons. The van der Waals surface area contributed by atoms with Crippen molar-refractivity contribution in [1.29, 1.82) is 0 Å². The number of Topliss-reactive ketones (excluding diaryl/α,β-unsaturated/α-hetero) is 1. The molecule has 0 aliphatic rings. The molecule has 0 aliphatic heterocycles. The highest BCUT2D eigenvalue weighted by Crippen LogP contribution is 2.13. The molecular formula is C15H20O3. The summed E-state index contributed by atoms with van der Waals surface area (Å²) in [6.07, 6.45) is 4.27. The number of hydrogen-bond donors (Lipinski definition) is 1. The van der Waals surface area contributed by atoms with E-state index in [1.165, 1.54) is 12.5 Å². The van der Waals surface area contributed by atoms with Gasteiger partial charge in [-0.15, -0.1) is 0 Å². The molecule has 0 amide bonds. The second kappa shape index (κ2) is 7.64. The van der Waals surface area contributed by atoms with E-state index in [2.05, 4.69) is 12.1 Å². The van der Waals surface area contributed by atoms with E-state index in [9.17, 15) is 9.59 Å². The zero-order valence-corrected chi connectivity index (χ0v) is 10.8. The molecule has 1 aromatic rings. The summed E-state index contributed by atoms with van der Waals surface area (Å²) in [5.41, 5.74) is 1.30. The monoisotopic (exact) mass is 248 g/mol. The van der Waals surface area contributed by atoms with Gasteiger partial charge in [0, 0.05) is 0 Å². The Morgan fingerprint density at radius 3 is 2.33 bits per heavy atom. The molecular weight excluding hydrogens is 228 g/mol. The van der Waals surface area contributed by atoms with Gasteiger partial charge in [-0.1, -0.05) is 43.2 Å². The topological polar surface area (TPSA) is 54.4 Å². The number of unbranched alkanes of at least 4 members (excludes halogenated alkanes) is 2. The first-order chi connectivity index (χ1) is 8.61. The summed E-state index contributed by atoms with van der Waals surface area (Å²) in [6.45, 7) is 1.35. The van der Waals surface area contributed by atoms with Crippen LogP contribution in [0.25, 0.3) is 0 Å².